The van der Waals surface area contributed by atoms with Crippen LogP contribution in [-0.2, 0) is 24.3 Å². The predicted octanol–water partition coefficient (Wildman–Crippen LogP) is 5.71. The second-order valence-electron chi connectivity index (χ2n) is 11.6. The van der Waals surface area contributed by atoms with Gasteiger partial charge in [-0.1, -0.05) is 19.1 Å². The van der Waals surface area contributed by atoms with Gasteiger partial charge < -0.3 is 14.4 Å². The molecule has 3 aliphatic heterocycles. The van der Waals surface area contributed by atoms with Gasteiger partial charge in [-0.25, -0.2) is 23.1 Å². The minimum atomic E-state index is -1.24. The Bertz CT molecular complexity index is 1730. The Balaban J connectivity index is 1.19. The fraction of sp³-hybridized carbons (Fsp3) is 0.375. The third-order valence-corrected chi connectivity index (χ3v) is 9.78. The van der Waals surface area contributed by atoms with E-state index in [9.17, 15) is 14.0 Å². The Kier molecular flexibility index (Phi) is 7.49. The number of aromatic nitrogens is 3. The van der Waals surface area contributed by atoms with Gasteiger partial charge >= 0.3 is 0 Å². The molecule has 44 heavy (non-hydrogen) atoms. The van der Waals surface area contributed by atoms with Gasteiger partial charge in [-0.05, 0) is 73.3 Å². The number of rotatable bonds is 7. The molecular weight excluding hydrogens is 589 g/mol. The van der Waals surface area contributed by atoms with Crippen LogP contribution in [0.5, 0.6) is 0 Å². The zero-order chi connectivity index (χ0) is 30.5. The highest BCUT2D eigenvalue weighted by Crippen LogP contribution is 2.39. The number of likely N-dealkylation sites (tertiary alicyclic amines) is 1. The summed E-state index contributed by atoms with van der Waals surface area (Å²) in [7, 11) is 0. The summed E-state index contributed by atoms with van der Waals surface area (Å²) in [5, 5.41) is 4.76. The molecule has 2 aromatic heterocycles. The quantitative estimate of drug-likeness (QED) is 0.286. The number of nitrogens with zero attached hydrogens (tertiary/aromatic N) is 5. The van der Waals surface area contributed by atoms with Crippen LogP contribution < -0.4 is 5.32 Å². The number of anilines is 1. The summed E-state index contributed by atoms with van der Waals surface area (Å²) in [6, 6.07) is 6.57. The average Bonchev–Trinajstić information content (AvgIpc) is 3.81. The van der Waals surface area contributed by atoms with E-state index in [4.69, 9.17) is 0 Å². The molecular formula is C32H31F3N6O2S. The number of nitrogens with one attached hydrogen (secondary N) is 1. The summed E-state index contributed by atoms with van der Waals surface area (Å²) >= 11 is 1.21. The van der Waals surface area contributed by atoms with Crippen molar-refractivity contribution in [3.8, 4) is 11.1 Å². The number of hydrogen-bond donors (Lipinski definition) is 1. The van der Waals surface area contributed by atoms with Gasteiger partial charge in [0.05, 0.1) is 25.1 Å². The molecule has 0 spiro atoms. The smallest absolute Gasteiger partial charge is 0.255 e. The second-order valence-corrected chi connectivity index (χ2v) is 12.5. The van der Waals surface area contributed by atoms with E-state index in [-0.39, 0.29) is 48.1 Å². The summed E-state index contributed by atoms with van der Waals surface area (Å²) < 4.78 is 47.0. The van der Waals surface area contributed by atoms with Crippen molar-refractivity contribution in [1.82, 2.24) is 24.3 Å². The molecule has 3 aliphatic rings. The lowest BCUT2D eigenvalue weighted by Crippen LogP contribution is -2.38. The Morgan fingerprint density at radius 1 is 1.11 bits per heavy atom. The zero-order valence-corrected chi connectivity index (χ0v) is 24.9. The molecule has 12 heteroatoms. The van der Waals surface area contributed by atoms with Crippen molar-refractivity contribution in [1.29, 1.82) is 0 Å². The Morgan fingerprint density at radius 2 is 1.91 bits per heavy atom. The molecule has 4 aromatic rings. The van der Waals surface area contributed by atoms with Gasteiger partial charge in [0, 0.05) is 34.8 Å². The Hall–Kier alpha value is -4.03. The lowest BCUT2D eigenvalue weighted by molar-refractivity contribution is -0.121. The van der Waals surface area contributed by atoms with Crippen molar-refractivity contribution in [2.75, 3.05) is 25.0 Å². The fourth-order valence-electron chi connectivity index (χ4n) is 6.75. The summed E-state index contributed by atoms with van der Waals surface area (Å²) in [6.45, 7) is 4.89. The molecule has 0 aliphatic carbocycles. The zero-order valence-electron chi connectivity index (χ0n) is 24.1. The highest BCUT2D eigenvalue weighted by molar-refractivity contribution is 7.13. The van der Waals surface area contributed by atoms with Crippen molar-refractivity contribution in [3.63, 3.8) is 0 Å². The maximum atomic E-state index is 15.7. The number of alkyl halides is 1. The van der Waals surface area contributed by atoms with E-state index in [0.717, 1.165) is 32.5 Å². The predicted molar refractivity (Wildman–Crippen MR) is 160 cm³/mol. The number of benzene rings is 2. The molecule has 1 unspecified atom stereocenters. The van der Waals surface area contributed by atoms with E-state index in [2.05, 4.69) is 27.1 Å². The Morgan fingerprint density at radius 3 is 2.64 bits per heavy atom. The third-order valence-electron chi connectivity index (χ3n) is 9.09. The first-order valence-corrected chi connectivity index (χ1v) is 15.7. The molecule has 0 saturated carbocycles. The Labute approximate surface area is 256 Å². The van der Waals surface area contributed by atoms with E-state index < -0.39 is 29.8 Å². The molecule has 1 fully saturated rings. The normalized spacial score (nSPS) is 19.3. The third kappa shape index (κ3) is 5.09. The monoisotopic (exact) mass is 620 g/mol. The molecule has 2 aromatic carbocycles. The summed E-state index contributed by atoms with van der Waals surface area (Å²) in [6.07, 6.45) is 3.69. The summed E-state index contributed by atoms with van der Waals surface area (Å²) in [5.74, 6) is -1.97. The number of thiazole rings is 1. The first-order valence-electron chi connectivity index (χ1n) is 14.8. The molecule has 2 amide bonds. The van der Waals surface area contributed by atoms with Crippen LogP contribution in [0, 0.1) is 11.6 Å². The number of carbonyl (C=O) groups excluding carboxylic acids is 2. The maximum Gasteiger partial charge on any atom is 0.255 e. The minimum Gasteiger partial charge on any atom is -0.331 e. The average molecular weight is 621 g/mol. The summed E-state index contributed by atoms with van der Waals surface area (Å²) in [5.41, 5.74) is 2.51. The minimum absolute atomic E-state index is 0.0587. The van der Waals surface area contributed by atoms with Crippen molar-refractivity contribution in [2.24, 2.45) is 0 Å². The highest BCUT2D eigenvalue weighted by atomic mass is 32.1. The van der Waals surface area contributed by atoms with E-state index in [1.807, 2.05) is 0 Å². The van der Waals surface area contributed by atoms with E-state index in [0.29, 0.717) is 27.5 Å². The number of amides is 2. The van der Waals surface area contributed by atoms with Crippen LogP contribution in [0.15, 0.2) is 48.2 Å². The van der Waals surface area contributed by atoms with Crippen LogP contribution in [0.1, 0.15) is 64.6 Å². The number of fused-ring (bicyclic) bond motifs is 2. The van der Waals surface area contributed by atoms with E-state index in [1.54, 1.807) is 28.1 Å². The molecule has 7 rings (SSSR count). The van der Waals surface area contributed by atoms with Gasteiger partial charge in [0.25, 0.3) is 11.8 Å². The van der Waals surface area contributed by atoms with Crippen LogP contribution >= 0.6 is 11.3 Å². The molecule has 1 saturated heterocycles. The molecule has 5 heterocycles. The SMILES string of the molecule is CCN1CCC(c2ccc(-c3cc(F)c4c(c3)C(=O)N(C(C(=O)Nc3nccs3)c3ncn5c3C[C@@H](F)C5)C4)cc2F)CC1. The van der Waals surface area contributed by atoms with Crippen molar-refractivity contribution in [3.05, 3.63) is 87.9 Å². The van der Waals surface area contributed by atoms with Gasteiger partial charge in [0.2, 0.25) is 0 Å². The molecule has 8 nitrogen and oxygen atoms in total. The lowest BCUT2D eigenvalue weighted by atomic mass is 9.88. The van der Waals surface area contributed by atoms with Crippen LogP contribution in [0.2, 0.25) is 0 Å². The molecule has 228 valence electrons. The fourth-order valence-corrected chi connectivity index (χ4v) is 7.28. The largest absolute Gasteiger partial charge is 0.331 e. The van der Waals surface area contributed by atoms with E-state index in [1.165, 1.54) is 40.9 Å². The standard InChI is InChI=1S/C32H31F3N6O2S/c1-2-39-8-5-18(6-9-39)22-4-3-19(12-25(22)34)20-11-23-24(26(35)13-20)16-41(31(23)43)29(30(42)38-32-36-7-10-44-32)28-27-14-21(33)15-40(27)17-37-28/h3-4,7,10-13,17-18,21,29H,2,5-6,8-9,14-16H2,1H3,(H,36,38,42)/t21-,29?/m1/s1. The lowest BCUT2D eigenvalue weighted by Gasteiger charge is -2.31. The summed E-state index contributed by atoms with van der Waals surface area (Å²) in [4.78, 5) is 39.7. The van der Waals surface area contributed by atoms with Crippen LogP contribution in [-0.4, -0.2) is 62.0 Å². The number of piperidine rings is 1. The molecule has 0 bridgehead atoms. The number of halogens is 3. The number of carbonyl (C=O) groups is 2. The van der Waals surface area contributed by atoms with E-state index >= 15 is 8.78 Å². The molecule has 0 radical (unpaired) electrons. The van der Waals surface area contributed by atoms with Crippen LogP contribution in [0.25, 0.3) is 11.1 Å². The second kappa shape index (κ2) is 11.5. The first kappa shape index (κ1) is 28.7. The maximum absolute atomic E-state index is 15.7. The topological polar surface area (TPSA) is 83.4 Å². The van der Waals surface area contributed by atoms with Crippen LogP contribution in [0.3, 0.4) is 0 Å². The van der Waals surface area contributed by atoms with Gasteiger partial charge in [-0.15, -0.1) is 11.3 Å². The first-order chi connectivity index (χ1) is 21.3. The molecule has 1 N–H and O–H groups in total. The van der Waals surface area contributed by atoms with Crippen molar-refractivity contribution < 1.29 is 22.8 Å². The highest BCUT2D eigenvalue weighted by Gasteiger charge is 2.43. The number of hydrogen-bond acceptors (Lipinski definition) is 6. The van der Waals surface area contributed by atoms with Gasteiger partial charge in [0.15, 0.2) is 11.2 Å². The van der Waals surface area contributed by atoms with Crippen LogP contribution in [0.4, 0.5) is 18.3 Å². The van der Waals surface area contributed by atoms with Gasteiger partial charge in [-0.2, -0.15) is 0 Å². The van der Waals surface area contributed by atoms with Gasteiger partial charge in [-0.3, -0.25) is 14.9 Å². The number of imidazole rings is 1. The molecule has 2 atom stereocenters. The van der Waals surface area contributed by atoms with Crippen molar-refractivity contribution in [2.45, 2.75) is 57.4 Å². The van der Waals surface area contributed by atoms with Crippen molar-refractivity contribution >= 4 is 28.3 Å². The van der Waals surface area contributed by atoms with Gasteiger partial charge in [0.1, 0.15) is 17.8 Å².